The fourth-order valence-electron chi connectivity index (χ4n) is 0.0680. The van der Waals surface area contributed by atoms with Crippen molar-refractivity contribution in [2.24, 2.45) is 5.73 Å². The highest BCUT2D eigenvalue weighted by Crippen LogP contribution is 1.77. The minimum absolute atomic E-state index is 0.0301. The second kappa shape index (κ2) is 3.26. The van der Waals surface area contributed by atoms with Crippen LogP contribution in [0.15, 0.2) is 0 Å². The van der Waals surface area contributed by atoms with Gasteiger partial charge in [-0.3, -0.25) is 4.79 Å². The van der Waals surface area contributed by atoms with Gasteiger partial charge in [-0.25, -0.2) is 0 Å². The van der Waals surface area contributed by atoms with Gasteiger partial charge in [-0.1, -0.05) is 0 Å². The van der Waals surface area contributed by atoms with Gasteiger partial charge in [-0.2, -0.15) is 0 Å². The molecule has 2 N–H and O–H groups in total. The molecule has 2 unspecified atom stereocenters. The highest BCUT2D eigenvalue weighted by molar-refractivity contribution is 7.18. The highest BCUT2D eigenvalue weighted by atomic mass is 31.0. The quantitative estimate of drug-likeness (QED) is 0.478. The number of nitrogens with two attached hydrogens (primary N) is 1. The molecule has 2 nitrogen and oxygen atoms in total. The van der Waals surface area contributed by atoms with Crippen LogP contribution in [0.25, 0.3) is 0 Å². The van der Waals surface area contributed by atoms with Gasteiger partial charge < -0.3 is 5.73 Å². The Morgan fingerprint density at radius 3 is 2.67 bits per heavy atom. The van der Waals surface area contributed by atoms with Gasteiger partial charge in [0.2, 0.25) is 0 Å². The number of hydrogen-bond donors (Lipinski definition) is 1. The van der Waals surface area contributed by atoms with Crippen molar-refractivity contribution in [2.75, 3.05) is 12.7 Å². The van der Waals surface area contributed by atoms with Crippen LogP contribution in [0, 0.1) is 0 Å². The molecule has 0 bridgehead atoms. The summed E-state index contributed by atoms with van der Waals surface area (Å²) >= 11 is 0. The third-order valence-corrected chi connectivity index (χ3v) is 0.759. The predicted octanol–water partition coefficient (Wildman–Crippen LogP) is -0.611. The third-order valence-electron chi connectivity index (χ3n) is 0.387. The minimum atomic E-state index is -0.731. The monoisotopic (exact) mass is 107 g/mol. The normalized spacial score (nSPS) is 16.0. The van der Waals surface area contributed by atoms with Crippen LogP contribution in [0.4, 0.5) is 0 Å². The first-order valence-corrected chi connectivity index (χ1v) is 2.25. The van der Waals surface area contributed by atoms with E-state index in [0.717, 1.165) is 0 Å². The molecule has 6 heavy (non-hydrogen) atoms. The smallest absolute Gasteiger partial charge is 0.150 e. The molecule has 36 valence electrons. The molecule has 0 aliphatic heterocycles. The Bertz CT molecular complexity index is 75.3. The number of carbonyl (C=O) groups excluding carboxylic acids is 1. The van der Waals surface area contributed by atoms with Crippen molar-refractivity contribution in [3.8, 4) is 0 Å². The highest BCUT2D eigenvalue weighted by Gasteiger charge is 1.87. The molecule has 0 fully saturated rings. The zero-order valence-electron chi connectivity index (χ0n) is 4.35. The third kappa shape index (κ3) is 2.31. The van der Waals surface area contributed by atoms with E-state index in [2.05, 4.69) is 9.24 Å². The van der Waals surface area contributed by atoms with Crippen LogP contribution in [-0.2, 0) is 4.79 Å². The van der Waals surface area contributed by atoms with Gasteiger partial charge >= 0.3 is 0 Å². The van der Waals surface area contributed by atoms with Crippen molar-refractivity contribution in [1.29, 1.82) is 0 Å². The average molecular weight is 107 g/mol. The summed E-state index contributed by atoms with van der Waals surface area (Å²) in [4.78, 5) is 10.2. The van der Waals surface area contributed by atoms with E-state index in [1.54, 1.807) is 0 Å². The van der Waals surface area contributed by atoms with Gasteiger partial charge in [-0.15, -0.1) is 9.24 Å². The minimum Gasteiger partial charge on any atom is -0.324 e. The van der Waals surface area contributed by atoms with Gasteiger partial charge in [-0.05, 0) is 0 Å². The van der Waals surface area contributed by atoms with Crippen molar-refractivity contribution in [3.63, 3.8) is 0 Å². The van der Waals surface area contributed by atoms with Gasteiger partial charge in [0.1, 0.15) is 5.78 Å². The summed E-state index contributed by atoms with van der Waals surface area (Å²) in [6.45, 7) is -0.0301. The van der Waals surface area contributed by atoms with E-state index in [1.807, 2.05) is 0 Å². The van der Waals surface area contributed by atoms with Gasteiger partial charge in [0, 0.05) is 7.51 Å². The average Bonchev–Trinajstić information content (AvgIpc) is 1.65. The molecule has 0 aromatic rings. The van der Waals surface area contributed by atoms with Crippen molar-refractivity contribution in [1.82, 2.24) is 0 Å². The molecule has 0 heterocycles. The van der Waals surface area contributed by atoms with Gasteiger partial charge in [0.25, 0.3) is 0 Å². The molecule has 0 aromatic heterocycles. The largest absolute Gasteiger partial charge is 0.324 e. The topological polar surface area (TPSA) is 43.1 Å². The van der Waals surface area contributed by atoms with Gasteiger partial charge in [0.05, 0.1) is 6.54 Å². The number of hydrogen-bond acceptors (Lipinski definition) is 2. The summed E-state index contributed by atoms with van der Waals surface area (Å²) in [6, 6.07) is 0. The van der Waals surface area contributed by atoms with E-state index < -0.39 is 6.14 Å². The maximum Gasteiger partial charge on any atom is 0.150 e. The second-order valence-electron chi connectivity index (χ2n) is 0.837. The summed E-state index contributed by atoms with van der Waals surface area (Å²) in [6.07, 6.45) is -0.731. The number of carbonyl (C=O) groups is 1. The van der Waals surface area contributed by atoms with Crippen LogP contribution in [0.2, 0.25) is 0 Å². The van der Waals surface area contributed by atoms with Crippen LogP contribution in [-0.4, -0.2) is 18.5 Å². The number of ketones is 1. The molecule has 3 heteroatoms. The Morgan fingerprint density at radius 2 is 2.67 bits per heavy atom. The van der Waals surface area contributed by atoms with Crippen LogP contribution < -0.4 is 5.73 Å². The molecule has 0 spiro atoms. The lowest BCUT2D eigenvalue weighted by molar-refractivity contribution is -0.115. The first-order chi connectivity index (χ1) is 3.18. The van der Waals surface area contributed by atoms with Crippen molar-refractivity contribution in [3.05, 3.63) is 0 Å². The first kappa shape index (κ1) is 4.23. The zero-order chi connectivity index (χ0) is 5.86. The van der Waals surface area contributed by atoms with Crippen molar-refractivity contribution in [2.45, 2.75) is 0 Å². The van der Waals surface area contributed by atoms with Crippen molar-refractivity contribution >= 4 is 15.0 Å². The molecule has 0 saturated heterocycles. The first-order valence-electron chi connectivity index (χ1n) is 2.17. The summed E-state index contributed by atoms with van der Waals surface area (Å²) in [5, 5.41) is 0. The Balaban J connectivity index is 3.35. The maximum absolute atomic E-state index is 10.2. The lowest BCUT2D eigenvalue weighted by Gasteiger charge is -1.82. The van der Waals surface area contributed by atoms with E-state index in [9.17, 15) is 4.79 Å². The number of rotatable bonds is 2. The Labute approximate surface area is 40.7 Å². The molecule has 0 rings (SSSR count). The summed E-state index contributed by atoms with van der Waals surface area (Å²) in [5.41, 5.74) is 4.89. The van der Waals surface area contributed by atoms with Crippen molar-refractivity contribution < 1.29 is 6.17 Å². The lowest BCUT2D eigenvalue weighted by Crippen LogP contribution is -2.13. The van der Waals surface area contributed by atoms with E-state index in [1.165, 1.54) is 0 Å². The van der Waals surface area contributed by atoms with E-state index in [4.69, 9.17) is 7.10 Å². The zero-order valence-corrected chi connectivity index (χ0v) is 4.50. The molecule has 0 saturated carbocycles. The van der Waals surface area contributed by atoms with E-state index >= 15 is 0 Å². The number of Topliss-reactive ketones (excluding diaryl/α,β-unsaturated/α-hetero) is 1. The Morgan fingerprint density at radius 1 is 2.17 bits per heavy atom. The van der Waals surface area contributed by atoms with Crippen LogP contribution in [0.1, 0.15) is 1.37 Å². The molecule has 0 aliphatic carbocycles. The second-order valence-corrected chi connectivity index (χ2v) is 1.17. The fourth-order valence-corrected chi connectivity index (χ4v) is 0.204. The van der Waals surface area contributed by atoms with E-state index in [0.29, 0.717) is 0 Å². The lowest BCUT2D eigenvalue weighted by atomic mass is 10.5. The van der Waals surface area contributed by atoms with Gasteiger partial charge in [0.15, 0.2) is 0 Å². The molecular weight excluding hydrogens is 97.0 g/mol. The molecule has 0 radical (unpaired) electrons. The summed E-state index contributed by atoms with van der Waals surface area (Å²) in [5.74, 6) is -0.245. The summed E-state index contributed by atoms with van der Waals surface area (Å²) in [7, 11) is 2.05. The van der Waals surface area contributed by atoms with Crippen LogP contribution >= 0.6 is 9.24 Å². The molecular formula is C3H8NOP. The SMILES string of the molecule is [3H]C(P)C(=O)CN. The van der Waals surface area contributed by atoms with Crippen LogP contribution in [0.5, 0.6) is 0 Å². The molecule has 0 aliphatic rings. The summed E-state index contributed by atoms with van der Waals surface area (Å²) < 4.78 is 6.72. The Kier molecular flexibility index (Phi) is 2.29. The van der Waals surface area contributed by atoms with E-state index in [-0.39, 0.29) is 12.3 Å². The molecule has 2 atom stereocenters. The fraction of sp³-hybridized carbons (Fsp3) is 0.667. The predicted molar refractivity (Wildman–Crippen MR) is 28.6 cm³/mol. The van der Waals surface area contributed by atoms with Crippen LogP contribution in [0.3, 0.4) is 0 Å². The molecule has 0 aromatic carbocycles. The standard InChI is InChI=1S/C3H8NOP/c4-1-3(5)2-6/h1-2,4,6H2/i2T. The maximum atomic E-state index is 10.2. The Hall–Kier alpha value is 0.0600. The molecule has 0 amide bonds.